The van der Waals surface area contributed by atoms with E-state index in [4.69, 9.17) is 10.7 Å². The third kappa shape index (κ3) is 2.76. The quantitative estimate of drug-likeness (QED) is 0.595. The molecule has 2 aromatic heterocycles. The monoisotopic (exact) mass is 327 g/mol. The molecule has 25 heavy (non-hydrogen) atoms. The van der Waals surface area contributed by atoms with Crippen LogP contribution in [0, 0.1) is 0 Å². The number of nitrogens with zero attached hydrogens (tertiary/aromatic N) is 3. The summed E-state index contributed by atoms with van der Waals surface area (Å²) in [5, 5.41) is 3.97. The zero-order valence-electron chi connectivity index (χ0n) is 13.8. The highest BCUT2D eigenvalue weighted by molar-refractivity contribution is 6.02. The molecule has 4 rings (SSSR count). The van der Waals surface area contributed by atoms with Crippen molar-refractivity contribution < 1.29 is 0 Å². The Kier molecular flexibility index (Phi) is 3.74. The number of nitrogens with one attached hydrogen (secondary N) is 1. The van der Waals surface area contributed by atoms with Crippen LogP contribution in [0.4, 0.5) is 11.8 Å². The molecule has 0 aliphatic heterocycles. The van der Waals surface area contributed by atoms with Crippen LogP contribution in [0.25, 0.3) is 33.4 Å². The van der Waals surface area contributed by atoms with Gasteiger partial charge >= 0.3 is 0 Å². The van der Waals surface area contributed by atoms with E-state index in [9.17, 15) is 0 Å². The molecule has 0 saturated heterocycles. The van der Waals surface area contributed by atoms with Crippen LogP contribution in [0.3, 0.4) is 0 Å². The van der Waals surface area contributed by atoms with E-state index in [1.165, 1.54) is 0 Å². The highest BCUT2D eigenvalue weighted by Crippen LogP contribution is 2.34. The minimum atomic E-state index is 0.202. The van der Waals surface area contributed by atoms with Gasteiger partial charge in [0.2, 0.25) is 5.95 Å². The molecule has 0 fully saturated rings. The van der Waals surface area contributed by atoms with Crippen molar-refractivity contribution in [2.45, 2.75) is 0 Å². The second-order valence-electron chi connectivity index (χ2n) is 5.67. The summed E-state index contributed by atoms with van der Waals surface area (Å²) in [5.74, 6) is 0.877. The minimum Gasteiger partial charge on any atom is -0.372 e. The molecule has 0 radical (unpaired) electrons. The molecule has 5 nitrogen and oxygen atoms in total. The number of nitrogens with two attached hydrogens (primary N) is 1. The van der Waals surface area contributed by atoms with E-state index < -0.39 is 0 Å². The zero-order valence-corrected chi connectivity index (χ0v) is 13.8. The van der Waals surface area contributed by atoms with Crippen LogP contribution in [0.2, 0.25) is 0 Å². The Balaban J connectivity index is 2.09. The van der Waals surface area contributed by atoms with Crippen molar-refractivity contribution in [2.75, 3.05) is 18.1 Å². The largest absolute Gasteiger partial charge is 0.372 e. The highest BCUT2D eigenvalue weighted by Gasteiger charge is 2.15. The van der Waals surface area contributed by atoms with E-state index >= 15 is 0 Å². The first-order valence-electron chi connectivity index (χ1n) is 8.03. The first-order valence-corrected chi connectivity index (χ1v) is 8.03. The fraction of sp³-hybridized carbons (Fsp3) is 0.0500. The van der Waals surface area contributed by atoms with E-state index in [2.05, 4.69) is 33.5 Å². The summed E-state index contributed by atoms with van der Waals surface area (Å²) in [5.41, 5.74) is 10.4. The van der Waals surface area contributed by atoms with Gasteiger partial charge in [-0.1, -0.05) is 60.7 Å². The number of anilines is 2. The number of benzene rings is 2. The smallest absolute Gasteiger partial charge is 0.224 e. The molecule has 122 valence electrons. The first-order chi connectivity index (χ1) is 12.3. The molecule has 0 aliphatic rings. The summed E-state index contributed by atoms with van der Waals surface area (Å²) < 4.78 is 0. The number of hydrogen-bond donors (Lipinski definition) is 2. The lowest BCUT2D eigenvalue weighted by molar-refractivity contribution is 1.19. The van der Waals surface area contributed by atoms with Crippen LogP contribution >= 0.6 is 0 Å². The molecular formula is C20H17N5. The van der Waals surface area contributed by atoms with Gasteiger partial charge in [-0.05, 0) is 17.2 Å². The van der Waals surface area contributed by atoms with Crippen LogP contribution in [0.1, 0.15) is 0 Å². The fourth-order valence-corrected chi connectivity index (χ4v) is 2.93. The van der Waals surface area contributed by atoms with Gasteiger partial charge in [0, 0.05) is 12.6 Å². The van der Waals surface area contributed by atoms with Gasteiger partial charge in [0.1, 0.15) is 5.82 Å². The van der Waals surface area contributed by atoms with Gasteiger partial charge in [-0.15, -0.1) is 0 Å². The van der Waals surface area contributed by atoms with Crippen LogP contribution in [-0.4, -0.2) is 22.0 Å². The number of aromatic nitrogens is 3. The molecular weight excluding hydrogens is 310 g/mol. The minimum absolute atomic E-state index is 0.202. The van der Waals surface area contributed by atoms with E-state index in [1.807, 2.05) is 55.6 Å². The first kappa shape index (κ1) is 15.1. The van der Waals surface area contributed by atoms with E-state index in [0.29, 0.717) is 11.5 Å². The Morgan fingerprint density at radius 2 is 1.44 bits per heavy atom. The third-order valence-electron chi connectivity index (χ3n) is 4.08. The van der Waals surface area contributed by atoms with E-state index in [-0.39, 0.29) is 5.95 Å². The molecule has 0 unspecified atom stereocenters. The predicted octanol–water partition coefficient (Wildman–Crippen LogP) is 3.98. The van der Waals surface area contributed by atoms with E-state index in [0.717, 1.165) is 27.8 Å². The zero-order chi connectivity index (χ0) is 17.2. The Morgan fingerprint density at radius 3 is 2.08 bits per heavy atom. The average Bonchev–Trinajstić information content (AvgIpc) is 2.67. The molecule has 0 atom stereocenters. The second-order valence-corrected chi connectivity index (χ2v) is 5.67. The molecule has 0 amide bonds. The molecule has 0 saturated carbocycles. The van der Waals surface area contributed by atoms with Gasteiger partial charge in [0.05, 0.1) is 11.1 Å². The molecule has 5 heteroatoms. The summed E-state index contributed by atoms with van der Waals surface area (Å²) in [6, 6.07) is 22.3. The molecule has 2 aromatic carbocycles. The summed E-state index contributed by atoms with van der Waals surface area (Å²) in [6.45, 7) is 0. The van der Waals surface area contributed by atoms with Gasteiger partial charge in [0.25, 0.3) is 0 Å². The summed E-state index contributed by atoms with van der Waals surface area (Å²) in [7, 11) is 1.82. The summed E-state index contributed by atoms with van der Waals surface area (Å²) in [4.78, 5) is 13.4. The third-order valence-corrected chi connectivity index (χ3v) is 4.08. The lowest BCUT2D eigenvalue weighted by Crippen LogP contribution is -2.04. The van der Waals surface area contributed by atoms with Crippen molar-refractivity contribution >= 4 is 22.8 Å². The number of fused-ring (bicyclic) bond motifs is 1. The second kappa shape index (κ2) is 6.20. The lowest BCUT2D eigenvalue weighted by atomic mass is 10.00. The summed E-state index contributed by atoms with van der Waals surface area (Å²) >= 11 is 0. The Morgan fingerprint density at radius 1 is 0.800 bits per heavy atom. The van der Waals surface area contributed by atoms with Crippen molar-refractivity contribution in [3.63, 3.8) is 0 Å². The van der Waals surface area contributed by atoms with Crippen molar-refractivity contribution in [1.82, 2.24) is 15.0 Å². The molecule has 2 heterocycles. The number of pyridine rings is 1. The number of rotatable bonds is 3. The van der Waals surface area contributed by atoms with Crippen molar-refractivity contribution in [3.8, 4) is 22.4 Å². The molecule has 0 spiro atoms. The Hall–Kier alpha value is -3.47. The van der Waals surface area contributed by atoms with Crippen molar-refractivity contribution in [1.29, 1.82) is 0 Å². The highest BCUT2D eigenvalue weighted by atomic mass is 15.1. The van der Waals surface area contributed by atoms with Gasteiger partial charge < -0.3 is 11.1 Å². The Labute approximate surface area is 145 Å². The maximum atomic E-state index is 5.88. The van der Waals surface area contributed by atoms with Crippen LogP contribution in [0.5, 0.6) is 0 Å². The molecule has 3 N–H and O–H groups in total. The number of nitrogen functional groups attached to an aromatic ring is 1. The molecule has 4 aromatic rings. The number of hydrogen-bond acceptors (Lipinski definition) is 5. The molecule has 0 bridgehead atoms. The lowest BCUT2D eigenvalue weighted by Gasteiger charge is -2.13. The molecule has 0 aliphatic carbocycles. The average molecular weight is 327 g/mol. The van der Waals surface area contributed by atoms with Crippen LogP contribution in [0.15, 0.2) is 66.7 Å². The van der Waals surface area contributed by atoms with E-state index in [1.54, 1.807) is 0 Å². The SMILES string of the molecule is CNc1nc(N)nc2nc(-c3ccccc3)cc(-c3ccccc3)c12. The van der Waals surface area contributed by atoms with Gasteiger partial charge in [-0.2, -0.15) is 9.97 Å². The predicted molar refractivity (Wildman–Crippen MR) is 102 cm³/mol. The van der Waals surface area contributed by atoms with Gasteiger partial charge in [-0.25, -0.2) is 4.98 Å². The van der Waals surface area contributed by atoms with Crippen LogP contribution in [-0.2, 0) is 0 Å². The normalized spacial score (nSPS) is 10.8. The van der Waals surface area contributed by atoms with Crippen molar-refractivity contribution in [2.24, 2.45) is 0 Å². The van der Waals surface area contributed by atoms with Crippen molar-refractivity contribution in [3.05, 3.63) is 66.7 Å². The fourth-order valence-electron chi connectivity index (χ4n) is 2.93. The Bertz CT molecular complexity index is 1030. The standard InChI is InChI=1S/C20H17N5/c1-22-18-17-15(13-8-4-2-5-9-13)12-16(14-10-6-3-7-11-14)23-19(17)25-20(21)24-18/h2-12H,1H3,(H3,21,22,23,24,25). The maximum absolute atomic E-state index is 5.88. The van der Waals surface area contributed by atoms with Crippen LogP contribution < -0.4 is 11.1 Å². The van der Waals surface area contributed by atoms with Gasteiger partial charge in [0.15, 0.2) is 5.65 Å². The van der Waals surface area contributed by atoms with Gasteiger partial charge in [-0.3, -0.25) is 0 Å². The summed E-state index contributed by atoms with van der Waals surface area (Å²) in [6.07, 6.45) is 0. The topological polar surface area (TPSA) is 76.7 Å². The maximum Gasteiger partial charge on any atom is 0.224 e.